The maximum Gasteiger partial charge on any atom is 0.182 e. The molecule has 0 N–H and O–H groups in total. The van der Waals surface area contributed by atoms with Crippen molar-refractivity contribution in [1.29, 1.82) is 0 Å². The molecule has 8 nitrogen and oxygen atoms in total. The molecule has 2 fully saturated rings. The van der Waals surface area contributed by atoms with Crippen molar-refractivity contribution in [2.45, 2.75) is 89.3 Å². The van der Waals surface area contributed by atoms with Crippen molar-refractivity contribution in [3.63, 3.8) is 0 Å². The normalized spacial score (nSPS) is 22.4. The molecule has 6 rings (SSSR count). The lowest BCUT2D eigenvalue weighted by molar-refractivity contribution is -0.128. The van der Waals surface area contributed by atoms with Gasteiger partial charge in [-0.3, -0.25) is 28.8 Å². The van der Waals surface area contributed by atoms with Crippen molar-refractivity contribution in [2.75, 3.05) is 13.2 Å². The summed E-state index contributed by atoms with van der Waals surface area (Å²) < 4.78 is 11.5. The van der Waals surface area contributed by atoms with Crippen molar-refractivity contribution < 1.29 is 38.2 Å². The Bertz CT molecular complexity index is 1390. The van der Waals surface area contributed by atoms with Gasteiger partial charge in [0.2, 0.25) is 0 Å². The largest absolute Gasteiger partial charge is 0.370 e. The smallest absolute Gasteiger partial charge is 0.182 e. The summed E-state index contributed by atoms with van der Waals surface area (Å²) >= 11 is 0. The molecule has 0 aromatic heterocycles. The lowest BCUT2D eigenvalue weighted by atomic mass is 9.96. The van der Waals surface area contributed by atoms with E-state index in [9.17, 15) is 28.8 Å². The number of hydrogen-bond donors (Lipinski definition) is 0. The zero-order valence-electron chi connectivity index (χ0n) is 24.9. The molecule has 2 unspecified atom stereocenters. The highest BCUT2D eigenvalue weighted by Gasteiger charge is 2.44. The minimum Gasteiger partial charge on any atom is -0.370 e. The van der Waals surface area contributed by atoms with Gasteiger partial charge in [0.15, 0.2) is 34.7 Å². The first-order valence-electron chi connectivity index (χ1n) is 16.0. The molecule has 0 heterocycles. The molecule has 2 aromatic carbocycles. The predicted octanol–water partition coefficient (Wildman–Crippen LogP) is 5.30. The highest BCUT2D eigenvalue weighted by Crippen LogP contribution is 2.32. The molecular weight excluding hydrogens is 560 g/mol. The summed E-state index contributed by atoms with van der Waals surface area (Å²) in [5, 5.41) is 0. The minimum atomic E-state index is -1.34. The first-order chi connectivity index (χ1) is 21.3. The maximum atomic E-state index is 13.1. The summed E-state index contributed by atoms with van der Waals surface area (Å²) in [7, 11) is 0. The van der Waals surface area contributed by atoms with Crippen molar-refractivity contribution in [3.05, 3.63) is 69.8 Å². The van der Waals surface area contributed by atoms with E-state index in [4.69, 9.17) is 9.47 Å². The molecule has 4 aliphatic rings. The number of ketones is 6. The van der Waals surface area contributed by atoms with Gasteiger partial charge in [-0.05, 0) is 61.8 Å². The van der Waals surface area contributed by atoms with Crippen LogP contribution in [0.25, 0.3) is 0 Å². The Labute approximate surface area is 256 Å². The fraction of sp³-hybridized carbons (Fsp3) is 0.500. The SMILES string of the molecule is O=C(COC1CCCCC1)C1C(=O)c2ccc(CCc3ccc4c(c3)C(=O)C(C(=O)COC3CCCCC3)C4=O)cc2C1=O. The molecule has 0 saturated heterocycles. The number of rotatable bonds is 11. The first-order valence-corrected chi connectivity index (χ1v) is 16.0. The van der Waals surface area contributed by atoms with E-state index < -0.39 is 46.5 Å². The van der Waals surface area contributed by atoms with Gasteiger partial charge in [0.25, 0.3) is 0 Å². The topological polar surface area (TPSA) is 121 Å². The third-order valence-corrected chi connectivity index (χ3v) is 9.65. The molecule has 8 heteroatoms. The second-order valence-electron chi connectivity index (χ2n) is 12.7. The molecule has 44 heavy (non-hydrogen) atoms. The Morgan fingerprint density at radius 2 is 0.886 bits per heavy atom. The van der Waals surface area contributed by atoms with Crippen molar-refractivity contribution >= 4 is 34.7 Å². The monoisotopic (exact) mass is 598 g/mol. The third-order valence-electron chi connectivity index (χ3n) is 9.65. The maximum absolute atomic E-state index is 13.1. The Morgan fingerprint density at radius 1 is 0.523 bits per heavy atom. The van der Waals surface area contributed by atoms with E-state index in [1.165, 1.54) is 0 Å². The van der Waals surface area contributed by atoms with Gasteiger partial charge in [-0.15, -0.1) is 0 Å². The molecule has 230 valence electrons. The molecule has 0 amide bonds. The first kappa shape index (κ1) is 30.4. The molecule has 0 spiro atoms. The highest BCUT2D eigenvalue weighted by atomic mass is 16.5. The van der Waals surface area contributed by atoms with E-state index >= 15 is 0 Å². The number of benzene rings is 2. The van der Waals surface area contributed by atoms with E-state index in [2.05, 4.69) is 0 Å². The molecule has 2 aromatic rings. The van der Waals surface area contributed by atoms with Gasteiger partial charge in [-0.2, -0.15) is 0 Å². The molecule has 2 atom stereocenters. The van der Waals surface area contributed by atoms with E-state index in [0.717, 1.165) is 75.3 Å². The summed E-state index contributed by atoms with van der Waals surface area (Å²) in [6, 6.07) is 10.1. The lowest BCUT2D eigenvalue weighted by Crippen LogP contribution is -2.31. The van der Waals surface area contributed by atoms with Crippen LogP contribution in [0.5, 0.6) is 0 Å². The number of Topliss-reactive ketones (excluding diaryl/α,β-unsaturated/α-hetero) is 6. The summed E-state index contributed by atoms with van der Waals surface area (Å²) in [6.07, 6.45) is 11.2. The average molecular weight is 599 g/mol. The summed E-state index contributed by atoms with van der Waals surface area (Å²) in [5.41, 5.74) is 2.67. The predicted molar refractivity (Wildman–Crippen MR) is 160 cm³/mol. The van der Waals surface area contributed by atoms with Crippen LogP contribution < -0.4 is 0 Å². The van der Waals surface area contributed by atoms with Crippen LogP contribution >= 0.6 is 0 Å². The minimum absolute atomic E-state index is 0.00699. The van der Waals surface area contributed by atoms with E-state index in [1.807, 2.05) is 0 Å². The van der Waals surface area contributed by atoms with Crippen LogP contribution in [0.4, 0.5) is 0 Å². The Morgan fingerprint density at radius 3 is 1.27 bits per heavy atom. The van der Waals surface area contributed by atoms with E-state index in [-0.39, 0.29) is 47.7 Å². The number of aryl methyl sites for hydroxylation is 2. The average Bonchev–Trinajstić information content (AvgIpc) is 3.45. The second-order valence-corrected chi connectivity index (χ2v) is 12.7. The second kappa shape index (κ2) is 13.2. The molecule has 0 bridgehead atoms. The Kier molecular flexibility index (Phi) is 9.10. The standard InChI is InChI=1S/C36H38O8/c37-29(19-43-23-7-3-1-4-8-23)31-33(39)25-15-13-21(17-27(25)35(31)41)11-12-22-14-16-26-28(18-22)36(42)32(34(26)40)30(38)20-44-24-9-5-2-6-10-24/h13-18,23-24,31-32H,1-12,19-20H2. The molecule has 0 aliphatic heterocycles. The van der Waals surface area contributed by atoms with Crippen LogP contribution in [0.15, 0.2) is 36.4 Å². The summed E-state index contributed by atoms with van der Waals surface area (Å²) in [4.78, 5) is 77.9. The lowest BCUT2D eigenvalue weighted by Gasteiger charge is -2.21. The summed E-state index contributed by atoms with van der Waals surface area (Å²) in [6.45, 7) is -0.458. The zero-order valence-corrected chi connectivity index (χ0v) is 24.9. The number of carbonyl (C=O) groups is 6. The Balaban J connectivity index is 1.06. The van der Waals surface area contributed by atoms with Crippen molar-refractivity contribution in [3.8, 4) is 0 Å². The van der Waals surface area contributed by atoms with E-state index in [1.54, 1.807) is 36.4 Å². The molecule has 2 saturated carbocycles. The van der Waals surface area contributed by atoms with Crippen LogP contribution in [0.2, 0.25) is 0 Å². The van der Waals surface area contributed by atoms with Gasteiger partial charge < -0.3 is 9.47 Å². The quantitative estimate of drug-likeness (QED) is 0.320. The van der Waals surface area contributed by atoms with Gasteiger partial charge in [-0.1, -0.05) is 62.8 Å². The van der Waals surface area contributed by atoms with Crippen LogP contribution in [-0.4, -0.2) is 60.1 Å². The molecule has 0 radical (unpaired) electrons. The van der Waals surface area contributed by atoms with Gasteiger partial charge in [0, 0.05) is 22.3 Å². The van der Waals surface area contributed by atoms with Gasteiger partial charge in [-0.25, -0.2) is 0 Å². The number of hydrogen-bond acceptors (Lipinski definition) is 8. The fourth-order valence-electron chi connectivity index (χ4n) is 7.10. The van der Waals surface area contributed by atoms with Gasteiger partial charge in [0.1, 0.15) is 25.0 Å². The Hall–Kier alpha value is -3.62. The highest BCUT2D eigenvalue weighted by molar-refractivity contribution is 6.36. The number of carbonyl (C=O) groups excluding carboxylic acids is 6. The number of ether oxygens (including phenoxy) is 2. The van der Waals surface area contributed by atoms with E-state index in [0.29, 0.717) is 12.8 Å². The fourth-order valence-corrected chi connectivity index (χ4v) is 7.10. The van der Waals surface area contributed by atoms with Crippen LogP contribution in [-0.2, 0) is 31.9 Å². The van der Waals surface area contributed by atoms with Crippen molar-refractivity contribution in [1.82, 2.24) is 0 Å². The molecule has 4 aliphatic carbocycles. The van der Waals surface area contributed by atoms with Crippen LogP contribution in [0.3, 0.4) is 0 Å². The zero-order chi connectivity index (χ0) is 30.8. The van der Waals surface area contributed by atoms with Crippen LogP contribution in [0, 0.1) is 11.8 Å². The molecular formula is C36H38O8. The summed E-state index contributed by atoms with van der Waals surface area (Å²) in [5.74, 6) is -5.55. The van der Waals surface area contributed by atoms with Crippen molar-refractivity contribution in [2.24, 2.45) is 11.8 Å². The third kappa shape index (κ3) is 6.15. The van der Waals surface area contributed by atoms with Crippen LogP contribution in [0.1, 0.15) is 117 Å². The number of fused-ring (bicyclic) bond motifs is 2. The van der Waals surface area contributed by atoms with Gasteiger partial charge in [0.05, 0.1) is 12.2 Å². The van der Waals surface area contributed by atoms with Gasteiger partial charge >= 0.3 is 0 Å².